The van der Waals surface area contributed by atoms with Crippen LogP contribution < -0.4 is 0 Å². The Bertz CT molecular complexity index is 707. The van der Waals surface area contributed by atoms with E-state index < -0.39 is 0 Å². The lowest BCUT2D eigenvalue weighted by Crippen LogP contribution is -1.88. The van der Waals surface area contributed by atoms with Crippen molar-refractivity contribution < 1.29 is 4.42 Å². The van der Waals surface area contributed by atoms with Crippen LogP contribution in [0.5, 0.6) is 0 Å². The first-order valence-electron chi connectivity index (χ1n) is 6.08. The highest BCUT2D eigenvalue weighted by Crippen LogP contribution is 2.34. The maximum Gasteiger partial charge on any atom is 0.248 e. The summed E-state index contributed by atoms with van der Waals surface area (Å²) in [7, 11) is 0. The standard InChI is InChI=1S/C14H14N4O/c1-8-13(9(2)16-15-8)11-6-4-5-7-12(11)14-18-17-10(3)19-14/h4-7H,1-3H3,(H,15,16). The van der Waals surface area contributed by atoms with Crippen molar-refractivity contribution in [1.82, 2.24) is 20.4 Å². The fraction of sp³-hybridized carbons (Fsp3) is 0.214. The Labute approximate surface area is 110 Å². The van der Waals surface area contributed by atoms with E-state index in [1.165, 1.54) is 0 Å². The number of rotatable bonds is 2. The van der Waals surface area contributed by atoms with Crippen LogP contribution >= 0.6 is 0 Å². The second-order valence-corrected chi connectivity index (χ2v) is 4.48. The van der Waals surface area contributed by atoms with Gasteiger partial charge in [0.15, 0.2) is 0 Å². The Morgan fingerprint density at radius 2 is 1.74 bits per heavy atom. The number of aryl methyl sites for hydroxylation is 3. The van der Waals surface area contributed by atoms with E-state index in [1.807, 2.05) is 38.1 Å². The molecule has 0 aliphatic rings. The van der Waals surface area contributed by atoms with Crippen molar-refractivity contribution >= 4 is 0 Å². The van der Waals surface area contributed by atoms with E-state index in [9.17, 15) is 0 Å². The molecule has 2 heterocycles. The molecule has 0 unspecified atom stereocenters. The van der Waals surface area contributed by atoms with Gasteiger partial charge in [-0.2, -0.15) is 5.10 Å². The molecule has 0 fully saturated rings. The van der Waals surface area contributed by atoms with Gasteiger partial charge in [0.05, 0.1) is 5.69 Å². The first-order valence-corrected chi connectivity index (χ1v) is 6.08. The van der Waals surface area contributed by atoms with Gasteiger partial charge >= 0.3 is 0 Å². The van der Waals surface area contributed by atoms with Gasteiger partial charge in [-0.05, 0) is 25.5 Å². The number of hydrogen-bond donors (Lipinski definition) is 1. The Morgan fingerprint density at radius 3 is 2.32 bits per heavy atom. The van der Waals surface area contributed by atoms with Gasteiger partial charge in [0.2, 0.25) is 11.8 Å². The quantitative estimate of drug-likeness (QED) is 0.763. The van der Waals surface area contributed by atoms with Crippen LogP contribution in [0.15, 0.2) is 28.7 Å². The van der Waals surface area contributed by atoms with Crippen LogP contribution in [0.25, 0.3) is 22.6 Å². The van der Waals surface area contributed by atoms with Gasteiger partial charge in [-0.25, -0.2) is 0 Å². The fourth-order valence-corrected chi connectivity index (χ4v) is 2.24. The van der Waals surface area contributed by atoms with Crippen LogP contribution in [-0.2, 0) is 0 Å². The van der Waals surface area contributed by atoms with Crippen molar-refractivity contribution in [2.75, 3.05) is 0 Å². The molecule has 0 saturated carbocycles. The van der Waals surface area contributed by atoms with Crippen molar-refractivity contribution in [2.45, 2.75) is 20.8 Å². The molecule has 2 aromatic heterocycles. The number of aromatic amines is 1. The molecule has 0 spiro atoms. The van der Waals surface area contributed by atoms with Gasteiger partial charge in [-0.3, -0.25) is 5.10 Å². The van der Waals surface area contributed by atoms with E-state index in [4.69, 9.17) is 4.42 Å². The molecule has 3 rings (SSSR count). The van der Waals surface area contributed by atoms with Crippen LogP contribution in [-0.4, -0.2) is 20.4 Å². The van der Waals surface area contributed by atoms with Crippen LogP contribution in [0.2, 0.25) is 0 Å². The molecule has 5 heteroatoms. The molecule has 0 aliphatic heterocycles. The molecule has 0 amide bonds. The van der Waals surface area contributed by atoms with E-state index in [-0.39, 0.29) is 0 Å². The molecule has 0 radical (unpaired) electrons. The highest BCUT2D eigenvalue weighted by molar-refractivity contribution is 5.82. The van der Waals surface area contributed by atoms with Crippen LogP contribution in [0.3, 0.4) is 0 Å². The van der Waals surface area contributed by atoms with Gasteiger partial charge in [0, 0.05) is 23.7 Å². The normalized spacial score (nSPS) is 10.9. The third kappa shape index (κ3) is 1.93. The van der Waals surface area contributed by atoms with Crippen molar-refractivity contribution in [1.29, 1.82) is 0 Å². The molecule has 0 bridgehead atoms. The maximum absolute atomic E-state index is 5.54. The van der Waals surface area contributed by atoms with Crippen LogP contribution in [0.4, 0.5) is 0 Å². The predicted molar refractivity (Wildman–Crippen MR) is 71.5 cm³/mol. The third-order valence-corrected chi connectivity index (χ3v) is 3.08. The highest BCUT2D eigenvalue weighted by Gasteiger charge is 2.16. The lowest BCUT2D eigenvalue weighted by Gasteiger charge is -2.06. The molecule has 3 aromatic rings. The van der Waals surface area contributed by atoms with Crippen molar-refractivity contribution in [3.63, 3.8) is 0 Å². The van der Waals surface area contributed by atoms with Crippen molar-refractivity contribution in [3.8, 4) is 22.6 Å². The summed E-state index contributed by atoms with van der Waals surface area (Å²) in [6.45, 7) is 5.77. The first-order chi connectivity index (χ1) is 9.16. The van der Waals surface area contributed by atoms with Crippen molar-refractivity contribution in [2.24, 2.45) is 0 Å². The number of nitrogens with one attached hydrogen (secondary N) is 1. The van der Waals surface area contributed by atoms with E-state index >= 15 is 0 Å². The zero-order valence-electron chi connectivity index (χ0n) is 11.1. The minimum absolute atomic E-state index is 0.535. The average Bonchev–Trinajstić information content (AvgIpc) is 2.96. The van der Waals surface area contributed by atoms with E-state index in [0.717, 1.165) is 28.1 Å². The lowest BCUT2D eigenvalue weighted by atomic mass is 9.98. The first kappa shape index (κ1) is 11.6. The van der Waals surface area contributed by atoms with Gasteiger partial charge in [0.25, 0.3) is 0 Å². The SMILES string of the molecule is Cc1nnc(-c2ccccc2-c2c(C)n[nH]c2C)o1. The summed E-state index contributed by atoms with van der Waals surface area (Å²) in [5, 5.41) is 15.2. The second-order valence-electron chi connectivity index (χ2n) is 4.48. The number of H-pyrrole nitrogens is 1. The van der Waals surface area contributed by atoms with Crippen LogP contribution in [0.1, 0.15) is 17.3 Å². The van der Waals surface area contributed by atoms with E-state index in [1.54, 1.807) is 6.92 Å². The summed E-state index contributed by atoms with van der Waals surface area (Å²) in [6.07, 6.45) is 0. The Balaban J connectivity index is 2.23. The molecule has 19 heavy (non-hydrogen) atoms. The summed E-state index contributed by atoms with van der Waals surface area (Å²) in [5.41, 5.74) is 5.06. The van der Waals surface area contributed by atoms with Gasteiger partial charge < -0.3 is 4.42 Å². The molecule has 0 aliphatic carbocycles. The Kier molecular flexibility index (Phi) is 2.67. The minimum atomic E-state index is 0.535. The Hall–Kier alpha value is -2.43. The average molecular weight is 254 g/mol. The number of benzene rings is 1. The second kappa shape index (κ2) is 4.35. The molecule has 0 atom stereocenters. The maximum atomic E-state index is 5.54. The monoisotopic (exact) mass is 254 g/mol. The largest absolute Gasteiger partial charge is 0.421 e. The smallest absolute Gasteiger partial charge is 0.248 e. The minimum Gasteiger partial charge on any atom is -0.421 e. The molecule has 1 N–H and O–H groups in total. The zero-order chi connectivity index (χ0) is 13.4. The summed E-state index contributed by atoms with van der Waals surface area (Å²) in [6, 6.07) is 7.98. The Morgan fingerprint density at radius 1 is 1.00 bits per heavy atom. The topological polar surface area (TPSA) is 67.6 Å². The number of nitrogens with zero attached hydrogens (tertiary/aromatic N) is 3. The molecule has 1 aromatic carbocycles. The summed E-state index contributed by atoms with van der Waals surface area (Å²) >= 11 is 0. The van der Waals surface area contributed by atoms with Gasteiger partial charge in [0.1, 0.15) is 0 Å². The highest BCUT2D eigenvalue weighted by atomic mass is 16.4. The van der Waals surface area contributed by atoms with E-state index in [0.29, 0.717) is 11.8 Å². The van der Waals surface area contributed by atoms with E-state index in [2.05, 4.69) is 20.4 Å². The molecule has 0 saturated heterocycles. The summed E-state index contributed by atoms with van der Waals surface area (Å²) in [5.74, 6) is 1.10. The molecular formula is C14H14N4O. The van der Waals surface area contributed by atoms with Gasteiger partial charge in [-0.1, -0.05) is 18.2 Å². The summed E-state index contributed by atoms with van der Waals surface area (Å²) < 4.78 is 5.54. The number of aromatic nitrogens is 4. The third-order valence-electron chi connectivity index (χ3n) is 3.08. The lowest BCUT2D eigenvalue weighted by molar-refractivity contribution is 0.533. The molecule has 5 nitrogen and oxygen atoms in total. The van der Waals surface area contributed by atoms with Crippen LogP contribution in [0, 0.1) is 20.8 Å². The zero-order valence-corrected chi connectivity index (χ0v) is 11.1. The fourth-order valence-electron chi connectivity index (χ4n) is 2.24. The number of hydrogen-bond acceptors (Lipinski definition) is 4. The summed E-state index contributed by atoms with van der Waals surface area (Å²) in [4.78, 5) is 0. The molecular weight excluding hydrogens is 240 g/mol. The molecule has 96 valence electrons. The van der Waals surface area contributed by atoms with Gasteiger partial charge in [-0.15, -0.1) is 10.2 Å². The van der Waals surface area contributed by atoms with Crippen molar-refractivity contribution in [3.05, 3.63) is 41.5 Å². The predicted octanol–water partition coefficient (Wildman–Crippen LogP) is 3.05.